The third-order valence-electron chi connectivity index (χ3n) is 0.647. The zero-order valence-electron chi connectivity index (χ0n) is 4.96. The van der Waals surface area contributed by atoms with Crippen LogP contribution < -0.4 is 0 Å². The van der Waals surface area contributed by atoms with E-state index in [-0.39, 0.29) is 5.76 Å². The van der Waals surface area contributed by atoms with Crippen molar-refractivity contribution in [2.45, 2.75) is 0 Å². The minimum absolute atomic E-state index is 0.140. The van der Waals surface area contributed by atoms with Crippen molar-refractivity contribution in [1.29, 1.82) is 0 Å². The Bertz CT molecular complexity index is 248. The number of phosphoric acid groups is 1. The largest absolute Gasteiger partial charge is 0.505 e. The highest BCUT2D eigenvalue weighted by molar-refractivity contribution is 7.46. The van der Waals surface area contributed by atoms with E-state index in [2.05, 4.69) is 14.3 Å². The second-order valence-corrected chi connectivity index (χ2v) is 2.67. The van der Waals surface area contributed by atoms with Crippen LogP contribution in [-0.2, 0) is 23.7 Å². The Balaban J connectivity index is 2.27. The van der Waals surface area contributed by atoms with Gasteiger partial charge in [-0.2, -0.15) is 0 Å². The molecule has 0 bridgehead atoms. The Kier molecular flexibility index (Phi) is 1.97. The van der Waals surface area contributed by atoms with Crippen molar-refractivity contribution in [3.63, 3.8) is 0 Å². The van der Waals surface area contributed by atoms with E-state index in [9.17, 15) is 9.36 Å². The van der Waals surface area contributed by atoms with Gasteiger partial charge < -0.3 is 14.5 Å². The first-order valence-corrected chi connectivity index (χ1v) is 3.85. The maximum absolute atomic E-state index is 10.4. The third kappa shape index (κ3) is 3.15. The molecule has 11 heavy (non-hydrogen) atoms. The normalized spacial score (nSPS) is 14.9. The number of carbonyl (C=O) groups is 1. The number of hydrogen-bond acceptors (Lipinski definition) is 5. The van der Waals surface area contributed by atoms with Crippen LogP contribution in [0.2, 0.25) is 0 Å². The van der Waals surface area contributed by atoms with Crippen LogP contribution in [0, 0.1) is 0 Å². The Labute approximate surface area is 60.3 Å². The highest BCUT2D eigenvalue weighted by Crippen LogP contribution is 2.36. The summed E-state index contributed by atoms with van der Waals surface area (Å²) in [6.07, 6.45) is 1.05. The Morgan fingerprint density at radius 3 is 2.55 bits per heavy atom. The fourth-order valence-corrected chi connectivity index (χ4v) is 0.414. The lowest BCUT2D eigenvalue weighted by atomic mass is 10.7. The van der Waals surface area contributed by atoms with Gasteiger partial charge in [-0.15, -0.1) is 0 Å². The molecule has 0 unspecified atom stereocenters. The van der Waals surface area contributed by atoms with Crippen molar-refractivity contribution >= 4 is 13.8 Å². The molecular weight excluding hydrogens is 179 g/mol. The molecule has 0 radical (unpaired) electrons. The summed E-state index contributed by atoms with van der Waals surface area (Å²) in [5.41, 5.74) is 0. The van der Waals surface area contributed by atoms with E-state index in [1.54, 1.807) is 0 Å². The lowest BCUT2D eigenvalue weighted by Gasteiger charge is -1.99. The van der Waals surface area contributed by atoms with E-state index < -0.39 is 13.8 Å². The van der Waals surface area contributed by atoms with Gasteiger partial charge in [0, 0.05) is 0 Å². The topological polar surface area (TPSA) is 106 Å². The van der Waals surface area contributed by atoms with E-state index in [1.807, 2.05) is 0 Å². The summed E-state index contributed by atoms with van der Waals surface area (Å²) < 4.78 is 17.5. The zero-order chi connectivity index (χ0) is 8.48. The van der Waals surface area contributed by atoms with Gasteiger partial charge >= 0.3 is 13.8 Å². The monoisotopic (exact) mass is 182 g/mol. The first-order chi connectivity index (χ1) is 4.99. The smallest absolute Gasteiger partial charge is 0.450 e. The van der Waals surface area contributed by atoms with Gasteiger partial charge in [-0.3, -0.25) is 4.89 Å². The van der Waals surface area contributed by atoms with E-state index >= 15 is 0 Å². The predicted molar refractivity (Wildman–Crippen MR) is 28.4 cm³/mol. The molecule has 8 heteroatoms. The highest BCUT2D eigenvalue weighted by atomic mass is 31.2. The SMILES string of the molecule is O=C(OOP(=O)(O)O)C1=CO1. The fraction of sp³-hybridized carbons (Fsp3) is 0. The van der Waals surface area contributed by atoms with E-state index in [4.69, 9.17) is 9.79 Å². The molecule has 2 N–H and O–H groups in total. The molecule has 1 heterocycles. The van der Waals surface area contributed by atoms with Crippen LogP contribution >= 0.6 is 7.82 Å². The first-order valence-electron chi connectivity index (χ1n) is 2.32. The summed E-state index contributed by atoms with van der Waals surface area (Å²) in [6.45, 7) is 0. The van der Waals surface area contributed by atoms with Crippen molar-refractivity contribution < 1.29 is 33.4 Å². The van der Waals surface area contributed by atoms with Gasteiger partial charge in [0.15, 0.2) is 0 Å². The van der Waals surface area contributed by atoms with Crippen LogP contribution in [0.5, 0.6) is 0 Å². The maximum atomic E-state index is 10.4. The van der Waals surface area contributed by atoms with Crippen molar-refractivity contribution in [3.05, 3.63) is 12.0 Å². The maximum Gasteiger partial charge on any atom is 0.505 e. The third-order valence-corrected chi connectivity index (χ3v) is 0.916. The van der Waals surface area contributed by atoms with E-state index in [1.165, 1.54) is 0 Å². The molecule has 0 amide bonds. The van der Waals surface area contributed by atoms with Crippen molar-refractivity contribution in [1.82, 2.24) is 0 Å². The predicted octanol–water partition coefficient (Wildman–Crippen LogP) is -0.575. The summed E-state index contributed by atoms with van der Waals surface area (Å²) in [6, 6.07) is 0. The van der Waals surface area contributed by atoms with Gasteiger partial charge in [-0.25, -0.2) is 9.36 Å². The molecule has 0 atom stereocenters. The second-order valence-electron chi connectivity index (χ2n) is 1.54. The molecule has 0 aromatic rings. The van der Waals surface area contributed by atoms with E-state index in [0.717, 1.165) is 6.26 Å². The van der Waals surface area contributed by atoms with Crippen LogP contribution in [0.3, 0.4) is 0 Å². The van der Waals surface area contributed by atoms with Gasteiger partial charge in [-0.1, -0.05) is 4.67 Å². The Morgan fingerprint density at radius 1 is 1.64 bits per heavy atom. The van der Waals surface area contributed by atoms with Crippen LogP contribution in [-0.4, -0.2) is 15.8 Å². The molecule has 62 valence electrons. The number of ether oxygens (including phenoxy) is 1. The molecule has 0 aromatic carbocycles. The van der Waals surface area contributed by atoms with Gasteiger partial charge in [0.25, 0.3) is 0 Å². The molecule has 1 rings (SSSR count). The van der Waals surface area contributed by atoms with Gasteiger partial charge in [0.05, 0.1) is 0 Å². The lowest BCUT2D eigenvalue weighted by molar-refractivity contribution is -0.218. The lowest BCUT2D eigenvalue weighted by Crippen LogP contribution is -2.02. The molecule has 0 spiro atoms. The second kappa shape index (κ2) is 2.63. The zero-order valence-corrected chi connectivity index (χ0v) is 5.85. The average molecular weight is 182 g/mol. The fourth-order valence-electron chi connectivity index (χ4n) is 0.249. The van der Waals surface area contributed by atoms with Gasteiger partial charge in [0.2, 0.25) is 5.76 Å². The average Bonchev–Trinajstić information content (AvgIpc) is 2.61. The molecule has 0 saturated heterocycles. The van der Waals surface area contributed by atoms with Crippen molar-refractivity contribution in [3.8, 4) is 0 Å². The molecule has 0 saturated carbocycles. The van der Waals surface area contributed by atoms with Crippen molar-refractivity contribution in [2.24, 2.45) is 0 Å². The van der Waals surface area contributed by atoms with Crippen molar-refractivity contribution in [2.75, 3.05) is 0 Å². The minimum atomic E-state index is -4.76. The number of hydrogen-bond donors (Lipinski definition) is 2. The quantitative estimate of drug-likeness (QED) is 0.341. The summed E-state index contributed by atoms with van der Waals surface area (Å²) in [5.74, 6) is -1.22. The summed E-state index contributed by atoms with van der Waals surface area (Å²) in [4.78, 5) is 30.0. The van der Waals surface area contributed by atoms with Crippen LogP contribution in [0.25, 0.3) is 0 Å². The molecule has 0 aliphatic carbocycles. The summed E-state index contributed by atoms with van der Waals surface area (Å²) in [5, 5.41) is 0. The summed E-state index contributed by atoms with van der Waals surface area (Å²) in [7, 11) is -4.76. The number of rotatable bonds is 3. The van der Waals surface area contributed by atoms with Crippen LogP contribution in [0.4, 0.5) is 0 Å². The Hall–Kier alpha value is -0.880. The minimum Gasteiger partial charge on any atom is -0.450 e. The molecular formula is C3H3O7P. The highest BCUT2D eigenvalue weighted by Gasteiger charge is 2.27. The van der Waals surface area contributed by atoms with Gasteiger partial charge in [0.1, 0.15) is 6.26 Å². The van der Waals surface area contributed by atoms with E-state index in [0.29, 0.717) is 0 Å². The molecule has 7 nitrogen and oxygen atoms in total. The Morgan fingerprint density at radius 2 is 2.18 bits per heavy atom. The number of carbonyl (C=O) groups excluding carboxylic acids is 1. The molecule has 0 aromatic heterocycles. The standard InChI is InChI=1S/C3H3O7P/c4-3(2-1-8-2)9-10-11(5,6)7/h1H,(H2,5,6,7). The molecule has 1 aliphatic heterocycles. The van der Waals surface area contributed by atoms with Crippen LogP contribution in [0.15, 0.2) is 12.0 Å². The molecule has 0 fully saturated rings. The van der Waals surface area contributed by atoms with Crippen LogP contribution in [0.1, 0.15) is 0 Å². The van der Waals surface area contributed by atoms with Gasteiger partial charge in [-0.05, 0) is 0 Å². The summed E-state index contributed by atoms with van der Waals surface area (Å²) >= 11 is 0. The molecule has 1 aliphatic rings. The first kappa shape index (κ1) is 8.22.